The van der Waals surface area contributed by atoms with E-state index in [0.29, 0.717) is 15.6 Å². The number of nitrogens with one attached hydrogen (secondary N) is 1. The minimum absolute atomic E-state index is 0.175. The van der Waals surface area contributed by atoms with Crippen molar-refractivity contribution in [2.45, 2.75) is 19.0 Å². The van der Waals surface area contributed by atoms with Crippen LogP contribution in [0.2, 0.25) is 10.0 Å². The maximum absolute atomic E-state index is 12.8. The molecular weight excluding hydrogens is 335 g/mol. The average molecular weight is 349 g/mol. The predicted molar refractivity (Wildman–Crippen MR) is 89.3 cm³/mol. The fourth-order valence-corrected chi connectivity index (χ4v) is 2.98. The molecule has 1 N–H and O–H groups in total. The number of urea groups is 1. The zero-order valence-corrected chi connectivity index (χ0v) is 13.9. The van der Waals surface area contributed by atoms with E-state index in [4.69, 9.17) is 23.2 Å². The molecule has 1 aliphatic heterocycles. The second-order valence-electron chi connectivity index (χ2n) is 5.58. The molecule has 0 saturated carbocycles. The molecule has 3 amide bonds. The largest absolute Gasteiger partial charge is 0.325 e. The van der Waals surface area contributed by atoms with Gasteiger partial charge in [-0.05, 0) is 42.3 Å². The minimum atomic E-state index is -1.10. The average Bonchev–Trinajstić information content (AvgIpc) is 2.72. The summed E-state index contributed by atoms with van der Waals surface area (Å²) >= 11 is 11.8. The van der Waals surface area contributed by atoms with Crippen LogP contribution in [0.1, 0.15) is 18.1 Å². The van der Waals surface area contributed by atoms with Gasteiger partial charge in [-0.15, -0.1) is 0 Å². The van der Waals surface area contributed by atoms with Gasteiger partial charge in [-0.25, -0.2) is 4.79 Å². The Hall–Kier alpha value is -2.04. The zero-order chi connectivity index (χ0) is 16.6. The van der Waals surface area contributed by atoms with Gasteiger partial charge in [-0.1, -0.05) is 47.5 Å². The molecule has 2 aromatic rings. The Kier molecular flexibility index (Phi) is 4.04. The van der Waals surface area contributed by atoms with E-state index in [-0.39, 0.29) is 12.5 Å². The van der Waals surface area contributed by atoms with Crippen molar-refractivity contribution in [3.63, 3.8) is 0 Å². The third-order valence-electron chi connectivity index (χ3n) is 3.93. The van der Waals surface area contributed by atoms with Crippen LogP contribution in [0.15, 0.2) is 48.5 Å². The normalized spacial score (nSPS) is 20.7. The maximum atomic E-state index is 12.8. The number of rotatable bonds is 3. The molecule has 3 rings (SSSR count). The number of carbonyl (C=O) groups excluding carboxylic acids is 2. The van der Waals surface area contributed by atoms with Gasteiger partial charge in [0.25, 0.3) is 5.91 Å². The van der Waals surface area contributed by atoms with Crippen LogP contribution in [-0.2, 0) is 16.9 Å². The van der Waals surface area contributed by atoms with Gasteiger partial charge in [0.15, 0.2) is 0 Å². The smallest absolute Gasteiger partial charge is 0.319 e. The third kappa shape index (κ3) is 2.92. The van der Waals surface area contributed by atoms with Gasteiger partial charge in [0.2, 0.25) is 0 Å². The third-order valence-corrected chi connectivity index (χ3v) is 4.41. The molecule has 1 heterocycles. The highest BCUT2D eigenvalue weighted by molar-refractivity contribution is 6.30. The van der Waals surface area contributed by atoms with E-state index in [1.165, 1.54) is 4.90 Å². The first-order valence-electron chi connectivity index (χ1n) is 7.05. The molecule has 0 aliphatic carbocycles. The number of halogens is 2. The highest BCUT2D eigenvalue weighted by atomic mass is 35.5. The first-order valence-corrected chi connectivity index (χ1v) is 7.80. The van der Waals surface area contributed by atoms with Gasteiger partial charge < -0.3 is 5.32 Å². The fraction of sp³-hybridized carbons (Fsp3) is 0.176. The van der Waals surface area contributed by atoms with Crippen LogP contribution in [0.4, 0.5) is 4.79 Å². The lowest BCUT2D eigenvalue weighted by Gasteiger charge is -2.22. The lowest BCUT2D eigenvalue weighted by atomic mass is 9.92. The summed E-state index contributed by atoms with van der Waals surface area (Å²) < 4.78 is 0. The summed E-state index contributed by atoms with van der Waals surface area (Å²) in [7, 11) is 0. The lowest BCUT2D eigenvalue weighted by molar-refractivity contribution is -0.131. The molecule has 23 heavy (non-hydrogen) atoms. The number of imide groups is 1. The second-order valence-corrected chi connectivity index (χ2v) is 6.46. The van der Waals surface area contributed by atoms with E-state index in [1.54, 1.807) is 49.4 Å². The lowest BCUT2D eigenvalue weighted by Crippen LogP contribution is -2.40. The Morgan fingerprint density at radius 2 is 1.74 bits per heavy atom. The highest BCUT2D eigenvalue weighted by Crippen LogP contribution is 2.30. The van der Waals surface area contributed by atoms with Crippen LogP contribution in [0, 0.1) is 0 Å². The SMILES string of the molecule is C[C@@]1(c2ccc(Cl)cc2)NC(=O)N(Cc2cccc(Cl)c2)C1=O. The van der Waals surface area contributed by atoms with E-state index >= 15 is 0 Å². The summed E-state index contributed by atoms with van der Waals surface area (Å²) in [5.74, 6) is -0.301. The first kappa shape index (κ1) is 15.8. The van der Waals surface area contributed by atoms with Crippen LogP contribution in [0.5, 0.6) is 0 Å². The van der Waals surface area contributed by atoms with Gasteiger partial charge >= 0.3 is 6.03 Å². The topological polar surface area (TPSA) is 49.4 Å². The summed E-state index contributed by atoms with van der Waals surface area (Å²) in [5, 5.41) is 3.90. The molecule has 2 aromatic carbocycles. The summed E-state index contributed by atoms with van der Waals surface area (Å²) in [6, 6.07) is 13.5. The summed E-state index contributed by atoms with van der Waals surface area (Å²) in [4.78, 5) is 26.2. The Morgan fingerprint density at radius 1 is 1.04 bits per heavy atom. The molecule has 1 fully saturated rings. The van der Waals surface area contributed by atoms with E-state index < -0.39 is 11.6 Å². The van der Waals surface area contributed by atoms with Crippen LogP contribution >= 0.6 is 23.2 Å². The van der Waals surface area contributed by atoms with Gasteiger partial charge in [-0.3, -0.25) is 9.69 Å². The van der Waals surface area contributed by atoms with Crippen molar-refractivity contribution in [2.75, 3.05) is 0 Å². The van der Waals surface area contributed by atoms with Crippen molar-refractivity contribution in [1.29, 1.82) is 0 Å². The molecular formula is C17H14Cl2N2O2. The molecule has 4 nitrogen and oxygen atoms in total. The Labute approximate surface area is 144 Å². The maximum Gasteiger partial charge on any atom is 0.325 e. The van der Waals surface area contributed by atoms with E-state index in [1.807, 2.05) is 6.07 Å². The minimum Gasteiger partial charge on any atom is -0.319 e. The molecule has 0 radical (unpaired) electrons. The van der Waals surface area contributed by atoms with Gasteiger partial charge in [0, 0.05) is 10.0 Å². The molecule has 1 saturated heterocycles. The molecule has 0 bridgehead atoms. The second kappa shape index (κ2) is 5.87. The monoisotopic (exact) mass is 348 g/mol. The van der Waals surface area contributed by atoms with Crippen LogP contribution in [0.25, 0.3) is 0 Å². The summed E-state index contributed by atoms with van der Waals surface area (Å²) in [6.45, 7) is 1.86. The number of benzene rings is 2. The van der Waals surface area contributed by atoms with E-state index in [9.17, 15) is 9.59 Å². The number of amides is 3. The van der Waals surface area contributed by atoms with Gasteiger partial charge in [0.05, 0.1) is 6.54 Å². The number of hydrogen-bond donors (Lipinski definition) is 1. The summed E-state index contributed by atoms with van der Waals surface area (Å²) in [6.07, 6.45) is 0. The van der Waals surface area contributed by atoms with Crippen LogP contribution in [0.3, 0.4) is 0 Å². The molecule has 1 atom stereocenters. The van der Waals surface area contributed by atoms with Crippen molar-refractivity contribution in [3.05, 3.63) is 69.7 Å². The predicted octanol–water partition coefficient (Wildman–Crippen LogP) is 3.96. The Morgan fingerprint density at radius 3 is 2.39 bits per heavy atom. The van der Waals surface area contributed by atoms with E-state index in [0.717, 1.165) is 5.56 Å². The van der Waals surface area contributed by atoms with Crippen molar-refractivity contribution < 1.29 is 9.59 Å². The molecule has 1 aliphatic rings. The van der Waals surface area contributed by atoms with Crippen LogP contribution in [-0.4, -0.2) is 16.8 Å². The quantitative estimate of drug-likeness (QED) is 0.853. The Bertz CT molecular complexity index is 776. The Balaban J connectivity index is 1.89. The van der Waals surface area contributed by atoms with Gasteiger partial charge in [0.1, 0.15) is 5.54 Å². The molecule has 0 spiro atoms. The van der Waals surface area contributed by atoms with Crippen molar-refractivity contribution >= 4 is 35.1 Å². The van der Waals surface area contributed by atoms with E-state index in [2.05, 4.69) is 5.32 Å². The van der Waals surface area contributed by atoms with Crippen molar-refractivity contribution in [2.24, 2.45) is 0 Å². The highest BCUT2D eigenvalue weighted by Gasteiger charge is 2.48. The summed E-state index contributed by atoms with van der Waals surface area (Å²) in [5.41, 5.74) is 0.385. The number of hydrogen-bond acceptors (Lipinski definition) is 2. The van der Waals surface area contributed by atoms with Crippen molar-refractivity contribution in [1.82, 2.24) is 10.2 Å². The molecule has 0 aromatic heterocycles. The number of carbonyl (C=O) groups is 2. The first-order chi connectivity index (χ1) is 10.9. The van der Waals surface area contributed by atoms with Crippen molar-refractivity contribution in [3.8, 4) is 0 Å². The standard InChI is InChI=1S/C17H14Cl2N2O2/c1-17(12-5-7-13(18)8-6-12)15(22)21(16(23)20-17)10-11-3-2-4-14(19)9-11/h2-9H,10H2,1H3,(H,20,23)/t17-/m0/s1. The number of nitrogens with zero attached hydrogens (tertiary/aromatic N) is 1. The molecule has 118 valence electrons. The molecule has 6 heteroatoms. The van der Waals surface area contributed by atoms with Crippen LogP contribution < -0.4 is 5.32 Å². The van der Waals surface area contributed by atoms with Gasteiger partial charge in [-0.2, -0.15) is 0 Å². The molecule has 0 unspecified atom stereocenters. The zero-order valence-electron chi connectivity index (χ0n) is 12.3. The fourth-order valence-electron chi connectivity index (χ4n) is 2.64.